The van der Waals surface area contributed by atoms with Crippen molar-refractivity contribution >= 4 is 51.9 Å². The van der Waals surface area contributed by atoms with Crippen LogP contribution in [0, 0.1) is 0 Å². The molecule has 0 saturated carbocycles. The number of fused-ring (bicyclic) bond motifs is 1. The molecule has 3 aromatic rings. The highest BCUT2D eigenvalue weighted by atomic mass is 35.5. The second-order valence-electron chi connectivity index (χ2n) is 11.7. The molecule has 1 amide bonds. The minimum absolute atomic E-state index is 0.0545. The number of ketones is 1. The minimum atomic E-state index is -4.92. The van der Waals surface area contributed by atoms with Gasteiger partial charge in [0.25, 0.3) is 5.91 Å². The number of aromatic nitrogens is 1. The number of carbonyl (C=O) groups is 3. The third kappa shape index (κ3) is 7.36. The maximum atomic E-state index is 14.9. The third-order valence-electron chi connectivity index (χ3n) is 8.49. The lowest BCUT2D eigenvalue weighted by Crippen LogP contribution is -2.68. The number of carboxylic acids is 1. The summed E-state index contributed by atoms with van der Waals surface area (Å²) in [6.07, 6.45) is -8.22. The number of hydrogen-bond donors (Lipinski definition) is 2. The number of nitrogens with zero attached hydrogens (tertiary/aromatic N) is 2. The van der Waals surface area contributed by atoms with Gasteiger partial charge in [0, 0.05) is 41.5 Å². The zero-order chi connectivity index (χ0) is 35.0. The summed E-state index contributed by atoms with van der Waals surface area (Å²) in [5.41, 5.74) is -3.45. The normalized spacial score (nSPS) is 23.1. The summed E-state index contributed by atoms with van der Waals surface area (Å²) in [5.74, 6) is -3.05. The summed E-state index contributed by atoms with van der Waals surface area (Å²) in [4.78, 5) is 44.9. The van der Waals surface area contributed by atoms with Crippen molar-refractivity contribution in [3.8, 4) is 5.75 Å². The van der Waals surface area contributed by atoms with E-state index < -0.39 is 69.9 Å². The molecule has 2 N–H and O–H groups in total. The molecule has 0 spiro atoms. The fraction of sp³-hybridized carbons (Fsp3) is 0.484. The van der Waals surface area contributed by atoms with Gasteiger partial charge in [0.1, 0.15) is 16.3 Å². The minimum Gasteiger partial charge on any atom is -0.481 e. The SMILES string of the molecule is CCC[C@H]1N(C(=O)c2ncccc2C(F)(F)F)CCC[C@]1(Oc1csc(C(F)(F)F)c1)C(=O)C1Cc2cc(Cl)sc2C(CCC(=O)O)N1. The number of alkyl halides is 6. The average molecular weight is 738 g/mol. The van der Waals surface area contributed by atoms with E-state index in [1.807, 2.05) is 0 Å². The lowest BCUT2D eigenvalue weighted by molar-refractivity contribution is -0.148. The van der Waals surface area contributed by atoms with E-state index in [1.165, 1.54) is 11.3 Å². The van der Waals surface area contributed by atoms with Gasteiger partial charge in [-0.1, -0.05) is 24.9 Å². The number of Topliss-reactive ketones (excluding diaryl/α,β-unsaturated/α-hetero) is 1. The summed E-state index contributed by atoms with van der Waals surface area (Å²) >= 11 is 7.88. The molecule has 2 aliphatic heterocycles. The van der Waals surface area contributed by atoms with E-state index in [4.69, 9.17) is 16.3 Å². The predicted molar refractivity (Wildman–Crippen MR) is 165 cm³/mol. The second-order valence-corrected chi connectivity index (χ2v) is 14.3. The van der Waals surface area contributed by atoms with E-state index in [-0.39, 0.29) is 50.8 Å². The maximum Gasteiger partial charge on any atom is 0.425 e. The molecular formula is C31H30ClF6N3O5S2. The van der Waals surface area contributed by atoms with Crippen LogP contribution in [0.15, 0.2) is 35.8 Å². The van der Waals surface area contributed by atoms with Crippen LogP contribution in [0.2, 0.25) is 4.34 Å². The number of thiophene rings is 2. The Kier molecular flexibility index (Phi) is 10.5. The summed E-state index contributed by atoms with van der Waals surface area (Å²) < 4.78 is 89.4. The molecule has 260 valence electrons. The first-order valence-corrected chi connectivity index (χ1v) is 17.1. The molecule has 0 radical (unpaired) electrons. The van der Waals surface area contributed by atoms with E-state index in [2.05, 4.69) is 10.3 Å². The van der Waals surface area contributed by atoms with Gasteiger partial charge in [-0.15, -0.1) is 22.7 Å². The molecule has 1 fully saturated rings. The molecule has 5 heterocycles. The number of aliphatic carboxylic acids is 1. The Bertz CT molecular complexity index is 1680. The zero-order valence-electron chi connectivity index (χ0n) is 25.3. The molecule has 4 atom stereocenters. The Morgan fingerprint density at radius 1 is 1.17 bits per heavy atom. The van der Waals surface area contributed by atoms with E-state index >= 15 is 0 Å². The number of rotatable bonds is 10. The quantitative estimate of drug-likeness (QED) is 0.205. The molecule has 0 aliphatic carbocycles. The van der Waals surface area contributed by atoms with E-state index in [9.17, 15) is 45.8 Å². The van der Waals surface area contributed by atoms with Crippen LogP contribution in [-0.4, -0.2) is 56.9 Å². The maximum absolute atomic E-state index is 14.9. The summed E-state index contributed by atoms with van der Waals surface area (Å²) in [7, 11) is 0. The number of halogens is 7. The first kappa shape index (κ1) is 36.1. The van der Waals surface area contributed by atoms with Crippen LogP contribution in [0.25, 0.3) is 0 Å². The third-order valence-corrected chi connectivity index (χ3v) is 10.9. The number of nitrogens with one attached hydrogen (secondary N) is 1. The van der Waals surface area contributed by atoms with Crippen LogP contribution in [-0.2, 0) is 28.4 Å². The summed E-state index contributed by atoms with van der Waals surface area (Å²) in [6.45, 7) is 1.68. The van der Waals surface area contributed by atoms with Gasteiger partial charge >= 0.3 is 18.3 Å². The van der Waals surface area contributed by atoms with Crippen molar-refractivity contribution in [1.82, 2.24) is 15.2 Å². The average Bonchev–Trinajstić information content (AvgIpc) is 3.65. The largest absolute Gasteiger partial charge is 0.481 e. The number of pyridine rings is 1. The second kappa shape index (κ2) is 14.0. The van der Waals surface area contributed by atoms with Gasteiger partial charge in [0.2, 0.25) is 0 Å². The van der Waals surface area contributed by atoms with Crippen molar-refractivity contribution in [3.63, 3.8) is 0 Å². The van der Waals surface area contributed by atoms with Gasteiger partial charge < -0.3 is 14.7 Å². The van der Waals surface area contributed by atoms with E-state index in [1.54, 1.807) is 13.0 Å². The van der Waals surface area contributed by atoms with Crippen LogP contribution in [0.4, 0.5) is 26.3 Å². The molecule has 5 rings (SSSR count). The Morgan fingerprint density at radius 3 is 2.56 bits per heavy atom. The fourth-order valence-corrected chi connectivity index (χ4v) is 8.60. The number of carboxylic acid groups (broad SMARTS) is 1. The smallest absolute Gasteiger partial charge is 0.425 e. The van der Waals surface area contributed by atoms with Crippen LogP contribution in [0.5, 0.6) is 5.75 Å². The Morgan fingerprint density at radius 2 is 1.92 bits per heavy atom. The molecule has 17 heteroatoms. The molecule has 0 bridgehead atoms. The number of ether oxygens (including phenoxy) is 1. The van der Waals surface area contributed by atoms with Gasteiger partial charge in [-0.05, 0) is 55.9 Å². The Hall–Kier alpha value is -3.21. The van der Waals surface area contributed by atoms with Crippen LogP contribution < -0.4 is 10.1 Å². The highest BCUT2D eigenvalue weighted by Crippen LogP contribution is 2.44. The molecule has 2 unspecified atom stereocenters. The topological polar surface area (TPSA) is 109 Å². The molecule has 48 heavy (non-hydrogen) atoms. The van der Waals surface area contributed by atoms with Crippen molar-refractivity contribution in [1.29, 1.82) is 0 Å². The van der Waals surface area contributed by atoms with E-state index in [0.29, 0.717) is 27.7 Å². The molecule has 2 aliphatic rings. The molecular weight excluding hydrogens is 708 g/mol. The van der Waals surface area contributed by atoms with Gasteiger partial charge in [0.15, 0.2) is 11.4 Å². The lowest BCUT2D eigenvalue weighted by Gasteiger charge is -2.50. The van der Waals surface area contributed by atoms with Crippen LogP contribution in [0.1, 0.15) is 82.9 Å². The number of likely N-dealkylation sites (tertiary alicyclic amines) is 1. The first-order chi connectivity index (χ1) is 22.5. The molecule has 1 saturated heterocycles. The van der Waals surface area contributed by atoms with Crippen LogP contribution in [0.3, 0.4) is 0 Å². The van der Waals surface area contributed by atoms with Crippen molar-refractivity contribution in [3.05, 3.63) is 66.8 Å². The van der Waals surface area contributed by atoms with Gasteiger partial charge in [0.05, 0.1) is 22.0 Å². The Balaban J connectivity index is 1.60. The summed E-state index contributed by atoms with van der Waals surface area (Å²) in [5, 5.41) is 13.6. The molecule has 8 nitrogen and oxygen atoms in total. The number of carbonyl (C=O) groups excluding carboxylic acids is 2. The Labute approximate surface area is 284 Å². The molecule has 3 aromatic heterocycles. The lowest BCUT2D eigenvalue weighted by atomic mass is 9.74. The molecule has 0 aromatic carbocycles. The number of piperidine rings is 1. The fourth-order valence-electron chi connectivity index (χ4n) is 6.53. The zero-order valence-corrected chi connectivity index (χ0v) is 27.7. The highest BCUT2D eigenvalue weighted by Gasteiger charge is 2.56. The van der Waals surface area contributed by atoms with Crippen molar-refractivity contribution < 1.29 is 50.6 Å². The van der Waals surface area contributed by atoms with E-state index in [0.717, 1.165) is 39.6 Å². The van der Waals surface area contributed by atoms with Gasteiger partial charge in [-0.3, -0.25) is 24.7 Å². The number of amides is 1. The van der Waals surface area contributed by atoms with Crippen LogP contribution >= 0.6 is 34.3 Å². The monoisotopic (exact) mass is 737 g/mol. The summed E-state index contributed by atoms with van der Waals surface area (Å²) in [6, 6.07) is 1.33. The van der Waals surface area contributed by atoms with Crippen molar-refractivity contribution in [2.75, 3.05) is 6.54 Å². The first-order valence-electron chi connectivity index (χ1n) is 15.0. The van der Waals surface area contributed by atoms with Gasteiger partial charge in [-0.25, -0.2) is 0 Å². The predicted octanol–water partition coefficient (Wildman–Crippen LogP) is 7.81. The van der Waals surface area contributed by atoms with Crippen molar-refractivity contribution in [2.45, 2.75) is 87.9 Å². The van der Waals surface area contributed by atoms with Crippen molar-refractivity contribution in [2.24, 2.45) is 0 Å². The van der Waals surface area contributed by atoms with Gasteiger partial charge in [-0.2, -0.15) is 26.3 Å². The standard InChI is InChI=1S/C31H30ClF6N3O5S2/c1-2-5-21-29(46-17-14-22(47-15-17)31(36,37)38,9-4-11-41(21)28(45)25-18(30(33,34)35)6-3-10-39-25)27(44)20-12-16-13-23(32)48-26(16)19(40-20)7-8-24(42)43/h3,6,10,13-15,19-21,40H,2,4-5,7-9,11-12H2,1H3,(H,42,43)/t19?,20?,21-,29-/m1/s1. The highest BCUT2D eigenvalue weighted by molar-refractivity contribution is 7.16. The number of hydrogen-bond acceptors (Lipinski definition) is 8.